The first-order valence-corrected chi connectivity index (χ1v) is 4.12. The Kier molecular flexibility index (Phi) is 5.77. The fourth-order valence-corrected chi connectivity index (χ4v) is 1.07. The van der Waals surface area contributed by atoms with Crippen molar-refractivity contribution in [1.29, 1.82) is 0 Å². The van der Waals surface area contributed by atoms with Crippen molar-refractivity contribution < 1.29 is 56.2 Å². The van der Waals surface area contributed by atoms with E-state index in [1.807, 2.05) is 0 Å². The molecular weight excluding hydrogens is 225 g/mol. The second kappa shape index (κ2) is 6.07. The summed E-state index contributed by atoms with van der Waals surface area (Å²) in [6.45, 7) is 0. The minimum absolute atomic E-state index is 0. The molecule has 0 saturated heterocycles. The molecule has 1 aromatic carbocycles. The van der Waals surface area contributed by atoms with E-state index in [-0.39, 0.29) is 42.3 Å². The number of aliphatic hydroxyl groups excluding tert-OH is 1. The largest absolute Gasteiger partial charge is 1.00 e. The number of nitrogens with two attached hydrogens (primary N) is 1. The van der Waals surface area contributed by atoms with Crippen LogP contribution in [-0.2, 0) is 4.79 Å². The Labute approximate surface area is 115 Å². The van der Waals surface area contributed by atoms with Crippen LogP contribution >= 0.6 is 0 Å². The summed E-state index contributed by atoms with van der Waals surface area (Å²) >= 11 is 0. The quantitative estimate of drug-likeness (QED) is 0.276. The maximum Gasteiger partial charge on any atom is 1.00 e. The molecule has 0 bridgehead atoms. The maximum absolute atomic E-state index is 10.5. The van der Waals surface area contributed by atoms with Crippen molar-refractivity contribution in [2.24, 2.45) is 5.73 Å². The Hall–Kier alpha value is -0.790. The van der Waals surface area contributed by atoms with Gasteiger partial charge in [0.2, 0.25) is 0 Å². The summed E-state index contributed by atoms with van der Waals surface area (Å²) in [4.78, 5) is 10.5. The zero-order valence-corrected chi connectivity index (χ0v) is 10.7. The average Bonchev–Trinajstić information content (AvgIpc) is 2.19. The van der Waals surface area contributed by atoms with Crippen LogP contribution in [0.5, 0.6) is 11.5 Å². The van der Waals surface area contributed by atoms with E-state index >= 15 is 0 Å². The van der Waals surface area contributed by atoms with Crippen LogP contribution in [-0.4, -0.2) is 32.4 Å². The van der Waals surface area contributed by atoms with Crippen molar-refractivity contribution in [3.63, 3.8) is 0 Å². The molecule has 0 fully saturated rings. The van der Waals surface area contributed by atoms with Crippen LogP contribution in [0.15, 0.2) is 18.2 Å². The third-order valence-electron chi connectivity index (χ3n) is 1.97. The second-order valence-corrected chi connectivity index (χ2v) is 3.06. The summed E-state index contributed by atoms with van der Waals surface area (Å²) in [5.74, 6) is -2.14. The summed E-state index contributed by atoms with van der Waals surface area (Å²) in [5, 5.41) is 36.1. The van der Waals surface area contributed by atoms with Crippen molar-refractivity contribution in [3.8, 4) is 11.5 Å². The number of carboxylic acid groups (broad SMARTS) is 1. The molecule has 0 aliphatic carbocycles. The SMILES string of the molecule is N[C@H](C(=O)O)[C@@H](O)c1ccc(O)c(O)c1.[H-].[Na+]. The average molecular weight is 237 g/mol. The molecule has 0 aliphatic rings. The molecule has 1 rings (SSSR count). The third-order valence-corrected chi connectivity index (χ3v) is 1.97. The molecule has 0 amide bonds. The number of benzene rings is 1. The number of hydrogen-bond acceptors (Lipinski definition) is 5. The first-order chi connectivity index (χ1) is 6.93. The van der Waals surface area contributed by atoms with Crippen LogP contribution in [0.4, 0.5) is 0 Å². The van der Waals surface area contributed by atoms with Gasteiger partial charge in [-0.3, -0.25) is 4.79 Å². The van der Waals surface area contributed by atoms with Gasteiger partial charge in [0.15, 0.2) is 11.5 Å². The van der Waals surface area contributed by atoms with Crippen molar-refractivity contribution in [3.05, 3.63) is 23.8 Å². The fourth-order valence-electron chi connectivity index (χ4n) is 1.07. The zero-order chi connectivity index (χ0) is 11.6. The molecule has 0 aromatic heterocycles. The van der Waals surface area contributed by atoms with E-state index in [9.17, 15) is 9.90 Å². The van der Waals surface area contributed by atoms with Crippen molar-refractivity contribution in [2.75, 3.05) is 0 Å². The number of phenols is 2. The van der Waals surface area contributed by atoms with E-state index in [0.29, 0.717) is 0 Å². The van der Waals surface area contributed by atoms with Gasteiger partial charge in [-0.25, -0.2) is 0 Å². The second-order valence-electron chi connectivity index (χ2n) is 3.06. The van der Waals surface area contributed by atoms with Gasteiger partial charge < -0.3 is 27.6 Å². The van der Waals surface area contributed by atoms with E-state index in [1.165, 1.54) is 6.07 Å². The van der Waals surface area contributed by atoms with Gasteiger partial charge in [-0.15, -0.1) is 0 Å². The number of phenolic OH excluding ortho intramolecular Hbond substituents is 2. The number of rotatable bonds is 3. The molecule has 1 aromatic rings. The summed E-state index contributed by atoms with van der Waals surface area (Å²) in [7, 11) is 0. The Morgan fingerprint density at radius 2 is 1.88 bits per heavy atom. The van der Waals surface area contributed by atoms with Gasteiger partial charge in [0.05, 0.1) is 0 Å². The molecule has 6 nitrogen and oxygen atoms in total. The summed E-state index contributed by atoms with van der Waals surface area (Å²) in [5.41, 5.74) is 5.31. The maximum atomic E-state index is 10.5. The Balaban J connectivity index is 0. The molecule has 16 heavy (non-hydrogen) atoms. The van der Waals surface area contributed by atoms with Crippen molar-refractivity contribution in [2.45, 2.75) is 12.1 Å². The summed E-state index contributed by atoms with van der Waals surface area (Å²) in [6, 6.07) is 2.00. The Morgan fingerprint density at radius 1 is 1.31 bits per heavy atom. The Morgan fingerprint density at radius 3 is 2.31 bits per heavy atom. The molecule has 0 radical (unpaired) electrons. The van der Waals surface area contributed by atoms with E-state index in [4.69, 9.17) is 21.1 Å². The number of hydrogen-bond donors (Lipinski definition) is 5. The molecule has 0 heterocycles. The molecule has 0 unspecified atom stereocenters. The van der Waals surface area contributed by atoms with Gasteiger partial charge in [-0.2, -0.15) is 0 Å². The van der Waals surface area contributed by atoms with E-state index in [0.717, 1.165) is 12.1 Å². The molecule has 6 N–H and O–H groups in total. The molecule has 0 spiro atoms. The number of aromatic hydroxyl groups is 2. The van der Waals surface area contributed by atoms with Crippen LogP contribution in [0, 0.1) is 0 Å². The molecular formula is C9H12NNaO5. The van der Waals surface area contributed by atoms with Crippen LogP contribution in [0.1, 0.15) is 13.1 Å². The molecule has 2 atom stereocenters. The number of aliphatic hydroxyl groups is 1. The van der Waals surface area contributed by atoms with Gasteiger partial charge in [-0.1, -0.05) is 6.07 Å². The first kappa shape index (κ1) is 15.2. The third kappa shape index (κ3) is 3.36. The standard InChI is InChI=1S/C9H11NO5.Na.H/c10-7(9(14)15)8(13)4-1-2-5(11)6(12)3-4;;/h1-3,7-8,11-13H,10H2,(H,14,15);;/q;+1;-1/t7-,8-;;/m0../s1. The number of aliphatic carboxylic acids is 1. The molecule has 7 heteroatoms. The van der Waals surface area contributed by atoms with Crippen LogP contribution in [0.2, 0.25) is 0 Å². The molecule has 84 valence electrons. The minimum Gasteiger partial charge on any atom is -1.00 e. The predicted octanol–water partition coefficient (Wildman–Crippen LogP) is -3.34. The van der Waals surface area contributed by atoms with Gasteiger partial charge in [0.1, 0.15) is 12.1 Å². The topological polar surface area (TPSA) is 124 Å². The fraction of sp³-hybridized carbons (Fsp3) is 0.222. The van der Waals surface area contributed by atoms with Gasteiger partial charge in [0.25, 0.3) is 0 Å². The summed E-state index contributed by atoms with van der Waals surface area (Å²) < 4.78 is 0. The smallest absolute Gasteiger partial charge is 1.00 e. The Bertz CT molecular complexity index is 390. The van der Waals surface area contributed by atoms with Gasteiger partial charge in [0, 0.05) is 0 Å². The van der Waals surface area contributed by atoms with E-state index in [2.05, 4.69) is 0 Å². The molecule has 0 saturated carbocycles. The van der Waals surface area contributed by atoms with Gasteiger partial charge >= 0.3 is 35.5 Å². The number of carboxylic acids is 1. The van der Waals surface area contributed by atoms with E-state index in [1.54, 1.807) is 0 Å². The predicted molar refractivity (Wildman–Crippen MR) is 51.5 cm³/mol. The normalized spacial score (nSPS) is 13.6. The molecule has 0 aliphatic heterocycles. The monoisotopic (exact) mass is 237 g/mol. The minimum atomic E-state index is -1.48. The van der Waals surface area contributed by atoms with E-state index < -0.39 is 23.9 Å². The summed E-state index contributed by atoms with van der Waals surface area (Å²) in [6.07, 6.45) is -1.44. The zero-order valence-electron chi connectivity index (χ0n) is 9.66. The van der Waals surface area contributed by atoms with Crippen LogP contribution in [0.3, 0.4) is 0 Å². The van der Waals surface area contributed by atoms with Crippen molar-refractivity contribution >= 4 is 5.97 Å². The van der Waals surface area contributed by atoms with Crippen molar-refractivity contribution in [1.82, 2.24) is 0 Å². The van der Waals surface area contributed by atoms with Gasteiger partial charge in [-0.05, 0) is 17.7 Å². The number of carbonyl (C=O) groups is 1. The first-order valence-electron chi connectivity index (χ1n) is 4.12. The van der Waals surface area contributed by atoms with Crippen LogP contribution < -0.4 is 35.3 Å². The van der Waals surface area contributed by atoms with Crippen LogP contribution in [0.25, 0.3) is 0 Å².